The Kier molecular flexibility index (Phi) is 5.74. The van der Waals surface area contributed by atoms with Crippen molar-refractivity contribution in [2.75, 3.05) is 19.7 Å². The van der Waals surface area contributed by atoms with Crippen molar-refractivity contribution in [2.24, 2.45) is 5.92 Å². The Labute approximate surface area is 156 Å². The van der Waals surface area contributed by atoms with Crippen LogP contribution in [-0.4, -0.2) is 29.5 Å². The molecule has 7 heteroatoms. The van der Waals surface area contributed by atoms with Crippen molar-refractivity contribution in [1.29, 1.82) is 0 Å². The molecular weight excluding hydrogens is 360 g/mol. The summed E-state index contributed by atoms with van der Waals surface area (Å²) in [6, 6.07) is 10.8. The molecule has 4 rings (SSSR count). The lowest BCUT2D eigenvalue weighted by atomic mass is 10.0. The number of nitrogens with zero attached hydrogens (tertiary/aromatic N) is 2. The highest BCUT2D eigenvalue weighted by atomic mass is 35.5. The molecule has 0 amide bonds. The predicted octanol–water partition coefficient (Wildman–Crippen LogP) is 4.10. The van der Waals surface area contributed by atoms with Gasteiger partial charge in [-0.3, -0.25) is 0 Å². The summed E-state index contributed by atoms with van der Waals surface area (Å²) in [4.78, 5) is 0. The van der Waals surface area contributed by atoms with E-state index in [1.807, 2.05) is 0 Å². The molecule has 138 valence electrons. The molecule has 1 saturated heterocycles. The van der Waals surface area contributed by atoms with Crippen LogP contribution in [-0.2, 0) is 0 Å². The Morgan fingerprint density at radius 3 is 2.81 bits per heavy atom. The van der Waals surface area contributed by atoms with Gasteiger partial charge in [0.15, 0.2) is 0 Å². The molecule has 2 heterocycles. The van der Waals surface area contributed by atoms with Crippen LogP contribution in [0, 0.1) is 17.6 Å². The molecule has 1 fully saturated rings. The summed E-state index contributed by atoms with van der Waals surface area (Å²) in [5.74, 6) is -0.122. The van der Waals surface area contributed by atoms with Crippen molar-refractivity contribution in [3.63, 3.8) is 0 Å². The van der Waals surface area contributed by atoms with E-state index in [9.17, 15) is 8.78 Å². The highest BCUT2D eigenvalue weighted by molar-refractivity contribution is 5.86. The Balaban J connectivity index is 0.00000196. The van der Waals surface area contributed by atoms with Gasteiger partial charge < -0.3 is 10.1 Å². The lowest BCUT2D eigenvalue weighted by Crippen LogP contribution is -2.33. The average Bonchev–Trinajstić information content (AvgIpc) is 3.01. The second kappa shape index (κ2) is 8.01. The maximum atomic E-state index is 14.4. The number of nitrogens with one attached hydrogen (secondary N) is 1. The monoisotopic (exact) mass is 379 g/mol. The second-order valence-electron chi connectivity index (χ2n) is 6.35. The van der Waals surface area contributed by atoms with Crippen LogP contribution in [0.4, 0.5) is 8.78 Å². The van der Waals surface area contributed by atoms with Crippen LogP contribution >= 0.6 is 12.4 Å². The lowest BCUT2D eigenvalue weighted by molar-refractivity contribution is 0.213. The van der Waals surface area contributed by atoms with Gasteiger partial charge in [0.05, 0.1) is 23.2 Å². The predicted molar refractivity (Wildman–Crippen MR) is 99.3 cm³/mol. The molecule has 1 unspecified atom stereocenters. The molecule has 1 atom stereocenters. The normalized spacial score (nSPS) is 17.1. The minimum atomic E-state index is -0.392. The van der Waals surface area contributed by atoms with Crippen LogP contribution in [0.2, 0.25) is 0 Å². The van der Waals surface area contributed by atoms with E-state index in [0.29, 0.717) is 29.1 Å². The molecule has 1 aliphatic rings. The van der Waals surface area contributed by atoms with Gasteiger partial charge in [-0.2, -0.15) is 0 Å². The van der Waals surface area contributed by atoms with Crippen LogP contribution in [0.15, 0.2) is 42.5 Å². The van der Waals surface area contributed by atoms with Crippen LogP contribution < -0.4 is 10.1 Å². The van der Waals surface area contributed by atoms with Gasteiger partial charge in [-0.15, -0.1) is 17.5 Å². The Morgan fingerprint density at radius 1 is 1.19 bits per heavy atom. The van der Waals surface area contributed by atoms with E-state index in [0.717, 1.165) is 25.9 Å². The largest absolute Gasteiger partial charge is 0.476 e. The van der Waals surface area contributed by atoms with E-state index in [2.05, 4.69) is 10.4 Å². The maximum Gasteiger partial charge on any atom is 0.244 e. The van der Waals surface area contributed by atoms with E-state index < -0.39 is 5.82 Å². The molecule has 0 spiro atoms. The van der Waals surface area contributed by atoms with Crippen LogP contribution in [0.3, 0.4) is 0 Å². The SMILES string of the molecule is Cl.Fc1cccc(-n2nc(OCC3CCCNC3)c3c(F)cccc32)c1. The van der Waals surface area contributed by atoms with Gasteiger partial charge in [-0.1, -0.05) is 12.1 Å². The number of piperidine rings is 1. The molecule has 0 radical (unpaired) electrons. The minimum absolute atomic E-state index is 0. The summed E-state index contributed by atoms with van der Waals surface area (Å²) in [6.45, 7) is 2.41. The van der Waals surface area contributed by atoms with E-state index in [4.69, 9.17) is 4.74 Å². The molecule has 0 saturated carbocycles. The Morgan fingerprint density at radius 2 is 2.04 bits per heavy atom. The summed E-state index contributed by atoms with van der Waals surface area (Å²) in [7, 11) is 0. The fourth-order valence-corrected chi connectivity index (χ4v) is 3.26. The number of rotatable bonds is 4. The third-order valence-electron chi connectivity index (χ3n) is 4.53. The summed E-state index contributed by atoms with van der Waals surface area (Å²) >= 11 is 0. The van der Waals surface area contributed by atoms with E-state index in [-0.39, 0.29) is 24.1 Å². The molecule has 1 aromatic heterocycles. The zero-order chi connectivity index (χ0) is 17.2. The number of benzene rings is 2. The molecule has 0 aliphatic carbocycles. The number of aromatic nitrogens is 2. The first-order valence-electron chi connectivity index (χ1n) is 8.49. The molecule has 2 aromatic carbocycles. The van der Waals surface area contributed by atoms with Crippen LogP contribution in [0.5, 0.6) is 5.88 Å². The fourth-order valence-electron chi connectivity index (χ4n) is 3.26. The molecule has 4 nitrogen and oxygen atoms in total. The van der Waals surface area contributed by atoms with Crippen molar-refractivity contribution >= 4 is 23.3 Å². The molecule has 26 heavy (non-hydrogen) atoms. The Hall–Kier alpha value is -2.18. The van der Waals surface area contributed by atoms with Crippen LogP contribution in [0.25, 0.3) is 16.6 Å². The summed E-state index contributed by atoms with van der Waals surface area (Å²) in [5, 5.41) is 8.08. The van der Waals surface area contributed by atoms with Crippen molar-refractivity contribution in [3.8, 4) is 11.6 Å². The Bertz CT molecular complexity index is 894. The van der Waals surface area contributed by atoms with Gasteiger partial charge in [-0.25, -0.2) is 13.5 Å². The standard InChI is InChI=1S/C19H19F2N3O.ClH/c20-14-5-1-6-15(10-14)24-17-8-2-7-16(21)18(17)19(23-24)25-12-13-4-3-9-22-11-13;/h1-2,5-8,10,13,22H,3-4,9,11-12H2;1H. The summed E-state index contributed by atoms with van der Waals surface area (Å²) in [6.07, 6.45) is 2.19. The number of fused-ring (bicyclic) bond motifs is 1. The van der Waals surface area contributed by atoms with Gasteiger partial charge >= 0.3 is 0 Å². The highest BCUT2D eigenvalue weighted by Gasteiger charge is 2.19. The van der Waals surface area contributed by atoms with Crippen molar-refractivity contribution < 1.29 is 13.5 Å². The van der Waals surface area contributed by atoms with Gasteiger partial charge in [0.1, 0.15) is 11.6 Å². The third-order valence-corrected chi connectivity index (χ3v) is 4.53. The first-order chi connectivity index (χ1) is 12.2. The number of halogens is 3. The number of hydrogen-bond acceptors (Lipinski definition) is 3. The van der Waals surface area contributed by atoms with Crippen molar-refractivity contribution in [2.45, 2.75) is 12.8 Å². The molecule has 0 bridgehead atoms. The smallest absolute Gasteiger partial charge is 0.244 e. The quantitative estimate of drug-likeness (QED) is 0.741. The van der Waals surface area contributed by atoms with E-state index in [1.54, 1.807) is 24.3 Å². The van der Waals surface area contributed by atoms with Gasteiger partial charge in [-0.05, 0) is 49.7 Å². The average molecular weight is 380 g/mol. The maximum absolute atomic E-state index is 14.4. The lowest BCUT2D eigenvalue weighted by Gasteiger charge is -2.22. The zero-order valence-electron chi connectivity index (χ0n) is 14.1. The zero-order valence-corrected chi connectivity index (χ0v) is 14.9. The summed E-state index contributed by atoms with van der Waals surface area (Å²) < 4.78 is 35.4. The van der Waals surface area contributed by atoms with Gasteiger partial charge in [0.2, 0.25) is 5.88 Å². The molecule has 1 N–H and O–H groups in total. The second-order valence-corrected chi connectivity index (χ2v) is 6.35. The van der Waals surface area contributed by atoms with Gasteiger partial charge in [0.25, 0.3) is 0 Å². The van der Waals surface area contributed by atoms with E-state index in [1.165, 1.54) is 22.9 Å². The van der Waals surface area contributed by atoms with E-state index >= 15 is 0 Å². The number of ether oxygens (including phenoxy) is 1. The molecule has 1 aliphatic heterocycles. The number of hydrogen-bond donors (Lipinski definition) is 1. The first kappa shape index (κ1) is 18.6. The fraction of sp³-hybridized carbons (Fsp3) is 0.316. The third kappa shape index (κ3) is 3.66. The molecule has 3 aromatic rings. The van der Waals surface area contributed by atoms with Crippen LogP contribution in [0.1, 0.15) is 12.8 Å². The highest BCUT2D eigenvalue weighted by Crippen LogP contribution is 2.30. The minimum Gasteiger partial charge on any atom is -0.476 e. The summed E-state index contributed by atoms with van der Waals surface area (Å²) in [5.41, 5.74) is 1.09. The van der Waals surface area contributed by atoms with Crippen molar-refractivity contribution in [1.82, 2.24) is 15.1 Å². The topological polar surface area (TPSA) is 39.1 Å². The molecular formula is C19H20ClF2N3O. The van der Waals surface area contributed by atoms with Crippen molar-refractivity contribution in [3.05, 3.63) is 54.1 Å². The first-order valence-corrected chi connectivity index (χ1v) is 8.49. The van der Waals surface area contributed by atoms with Gasteiger partial charge in [0, 0.05) is 12.5 Å².